The number of hydrogen-bond donors (Lipinski definition) is 2. The third-order valence-corrected chi connectivity index (χ3v) is 3.91. The van der Waals surface area contributed by atoms with Gasteiger partial charge in [0.2, 0.25) is 5.91 Å². The van der Waals surface area contributed by atoms with Crippen LogP contribution in [0.2, 0.25) is 0 Å². The van der Waals surface area contributed by atoms with Gasteiger partial charge in [0, 0.05) is 6.04 Å². The first kappa shape index (κ1) is 13.5. The first-order valence-corrected chi connectivity index (χ1v) is 6.59. The van der Waals surface area contributed by atoms with Gasteiger partial charge in [-0.1, -0.05) is 39.0 Å². The largest absolute Gasteiger partial charge is 0.352 e. The van der Waals surface area contributed by atoms with Crippen LogP contribution in [0.5, 0.6) is 0 Å². The fraction of sp³-hybridized carbons (Fsp3) is 0.923. The first-order valence-electron chi connectivity index (χ1n) is 6.59. The monoisotopic (exact) mass is 226 g/mol. The molecule has 2 atom stereocenters. The average Bonchev–Trinajstić information content (AvgIpc) is 2.29. The van der Waals surface area contributed by atoms with Crippen molar-refractivity contribution in [2.45, 2.75) is 52.0 Å². The lowest BCUT2D eigenvalue weighted by atomic mass is 9.78. The summed E-state index contributed by atoms with van der Waals surface area (Å²) in [6, 6.07) is 0.295. The van der Waals surface area contributed by atoms with E-state index in [-0.39, 0.29) is 5.91 Å². The molecule has 0 aromatic carbocycles. The molecule has 0 aliphatic heterocycles. The summed E-state index contributed by atoms with van der Waals surface area (Å²) in [5.41, 5.74) is 0. The summed E-state index contributed by atoms with van der Waals surface area (Å²) in [5, 5.41) is 5.96. The predicted octanol–water partition coefficient (Wildman–Crippen LogP) is 1.93. The van der Waals surface area contributed by atoms with Crippen LogP contribution >= 0.6 is 0 Å². The topological polar surface area (TPSA) is 41.1 Å². The SMILES string of the molecule is CNCC(=O)NC(C)C(C)C1CCCCC1. The first-order chi connectivity index (χ1) is 7.65. The molecule has 1 aliphatic carbocycles. The Balaban J connectivity index is 2.33. The Morgan fingerprint density at radius 3 is 2.44 bits per heavy atom. The maximum Gasteiger partial charge on any atom is 0.234 e. The number of rotatable bonds is 5. The number of amides is 1. The lowest BCUT2D eigenvalue weighted by Gasteiger charge is -2.32. The molecule has 2 N–H and O–H groups in total. The van der Waals surface area contributed by atoms with Crippen LogP contribution in [0.4, 0.5) is 0 Å². The third-order valence-electron chi connectivity index (χ3n) is 3.91. The van der Waals surface area contributed by atoms with Gasteiger partial charge in [-0.15, -0.1) is 0 Å². The molecule has 0 saturated heterocycles. The number of hydrogen-bond acceptors (Lipinski definition) is 2. The molecule has 0 bridgehead atoms. The van der Waals surface area contributed by atoms with Gasteiger partial charge >= 0.3 is 0 Å². The fourth-order valence-electron chi connectivity index (χ4n) is 2.67. The summed E-state index contributed by atoms with van der Waals surface area (Å²) in [7, 11) is 1.80. The van der Waals surface area contributed by atoms with Gasteiger partial charge in [-0.3, -0.25) is 4.79 Å². The molecule has 0 spiro atoms. The van der Waals surface area contributed by atoms with Crippen molar-refractivity contribution in [2.24, 2.45) is 11.8 Å². The van der Waals surface area contributed by atoms with Gasteiger partial charge in [0.15, 0.2) is 0 Å². The molecule has 1 amide bonds. The van der Waals surface area contributed by atoms with Crippen molar-refractivity contribution in [3.05, 3.63) is 0 Å². The standard InChI is InChI=1S/C13H26N2O/c1-10(12-7-5-4-6-8-12)11(2)15-13(16)9-14-3/h10-12,14H,4-9H2,1-3H3,(H,15,16). The van der Waals surface area contributed by atoms with Gasteiger partial charge in [-0.25, -0.2) is 0 Å². The molecule has 0 aromatic rings. The molecule has 16 heavy (non-hydrogen) atoms. The molecular formula is C13H26N2O. The Labute approximate surface area is 99.4 Å². The molecule has 2 unspecified atom stereocenters. The molecule has 1 fully saturated rings. The predicted molar refractivity (Wildman–Crippen MR) is 67.3 cm³/mol. The van der Waals surface area contributed by atoms with E-state index >= 15 is 0 Å². The van der Waals surface area contributed by atoms with Gasteiger partial charge in [-0.2, -0.15) is 0 Å². The molecule has 0 heterocycles. The van der Waals surface area contributed by atoms with Gasteiger partial charge in [0.25, 0.3) is 0 Å². The van der Waals surface area contributed by atoms with Crippen molar-refractivity contribution >= 4 is 5.91 Å². The molecule has 0 aromatic heterocycles. The van der Waals surface area contributed by atoms with E-state index in [1.165, 1.54) is 32.1 Å². The number of likely N-dealkylation sites (N-methyl/N-ethyl adjacent to an activating group) is 1. The second-order valence-corrected chi connectivity index (χ2v) is 5.14. The zero-order chi connectivity index (χ0) is 12.0. The fourth-order valence-corrected chi connectivity index (χ4v) is 2.67. The zero-order valence-corrected chi connectivity index (χ0v) is 10.9. The van der Waals surface area contributed by atoms with Crippen LogP contribution in [0.3, 0.4) is 0 Å². The summed E-state index contributed by atoms with van der Waals surface area (Å²) in [4.78, 5) is 11.5. The lowest BCUT2D eigenvalue weighted by Crippen LogP contribution is -2.43. The number of carbonyl (C=O) groups excluding carboxylic acids is 1. The quantitative estimate of drug-likeness (QED) is 0.752. The minimum absolute atomic E-state index is 0.109. The van der Waals surface area contributed by atoms with Crippen LogP contribution in [0, 0.1) is 11.8 Å². The molecule has 3 heteroatoms. The Hall–Kier alpha value is -0.570. The Morgan fingerprint density at radius 1 is 1.25 bits per heavy atom. The highest BCUT2D eigenvalue weighted by molar-refractivity contribution is 5.78. The van der Waals surface area contributed by atoms with Crippen molar-refractivity contribution in [1.29, 1.82) is 0 Å². The van der Waals surface area contributed by atoms with Crippen LogP contribution < -0.4 is 10.6 Å². The highest BCUT2D eigenvalue weighted by Gasteiger charge is 2.25. The van der Waals surface area contributed by atoms with E-state index in [1.54, 1.807) is 7.05 Å². The van der Waals surface area contributed by atoms with Crippen LogP contribution in [0.1, 0.15) is 46.0 Å². The minimum atomic E-state index is 0.109. The van der Waals surface area contributed by atoms with Gasteiger partial charge < -0.3 is 10.6 Å². The van der Waals surface area contributed by atoms with Crippen molar-refractivity contribution in [1.82, 2.24) is 10.6 Å². The second kappa shape index (κ2) is 6.89. The summed E-state index contributed by atoms with van der Waals surface area (Å²) in [5.74, 6) is 1.51. The molecular weight excluding hydrogens is 200 g/mol. The summed E-state index contributed by atoms with van der Waals surface area (Å²) < 4.78 is 0. The van der Waals surface area contributed by atoms with E-state index in [0.29, 0.717) is 18.5 Å². The molecule has 1 rings (SSSR count). The smallest absolute Gasteiger partial charge is 0.234 e. The van der Waals surface area contributed by atoms with Crippen LogP contribution in [-0.4, -0.2) is 25.5 Å². The van der Waals surface area contributed by atoms with Crippen molar-refractivity contribution in [3.63, 3.8) is 0 Å². The van der Waals surface area contributed by atoms with E-state index in [9.17, 15) is 4.79 Å². The van der Waals surface area contributed by atoms with Crippen molar-refractivity contribution in [2.75, 3.05) is 13.6 Å². The van der Waals surface area contributed by atoms with Crippen LogP contribution in [0.15, 0.2) is 0 Å². The third kappa shape index (κ3) is 4.12. The number of nitrogens with one attached hydrogen (secondary N) is 2. The minimum Gasteiger partial charge on any atom is -0.352 e. The summed E-state index contributed by atoms with van der Waals surface area (Å²) >= 11 is 0. The van der Waals surface area contributed by atoms with Gasteiger partial charge in [0.05, 0.1) is 6.54 Å². The molecule has 1 aliphatic rings. The average molecular weight is 226 g/mol. The summed E-state index contributed by atoms with van der Waals surface area (Å²) in [6.07, 6.45) is 6.81. The van der Waals surface area contributed by atoms with Crippen LogP contribution in [-0.2, 0) is 4.79 Å². The Bertz CT molecular complexity index is 212. The Morgan fingerprint density at radius 2 is 1.88 bits per heavy atom. The lowest BCUT2D eigenvalue weighted by molar-refractivity contribution is -0.121. The molecule has 94 valence electrons. The maximum atomic E-state index is 11.5. The highest BCUT2D eigenvalue weighted by atomic mass is 16.1. The summed E-state index contributed by atoms with van der Waals surface area (Å²) in [6.45, 7) is 4.83. The number of carbonyl (C=O) groups is 1. The van der Waals surface area contributed by atoms with Gasteiger partial charge in [0.1, 0.15) is 0 Å². The van der Waals surface area contributed by atoms with Crippen LogP contribution in [0.25, 0.3) is 0 Å². The van der Waals surface area contributed by atoms with E-state index in [1.807, 2.05) is 0 Å². The highest BCUT2D eigenvalue weighted by Crippen LogP contribution is 2.31. The van der Waals surface area contributed by atoms with E-state index in [0.717, 1.165) is 5.92 Å². The normalized spacial score (nSPS) is 21.4. The molecule has 3 nitrogen and oxygen atoms in total. The second-order valence-electron chi connectivity index (χ2n) is 5.14. The van der Waals surface area contributed by atoms with Crippen molar-refractivity contribution < 1.29 is 4.79 Å². The van der Waals surface area contributed by atoms with E-state index < -0.39 is 0 Å². The molecule has 0 radical (unpaired) electrons. The zero-order valence-electron chi connectivity index (χ0n) is 10.9. The maximum absolute atomic E-state index is 11.5. The van der Waals surface area contributed by atoms with Crippen molar-refractivity contribution in [3.8, 4) is 0 Å². The van der Waals surface area contributed by atoms with Gasteiger partial charge in [-0.05, 0) is 25.8 Å². The van der Waals surface area contributed by atoms with E-state index in [4.69, 9.17) is 0 Å². The van der Waals surface area contributed by atoms with E-state index in [2.05, 4.69) is 24.5 Å². The molecule has 1 saturated carbocycles. The Kier molecular flexibility index (Phi) is 5.81.